The average molecular weight is 320 g/mol. The van der Waals surface area contributed by atoms with E-state index >= 15 is 0 Å². The summed E-state index contributed by atoms with van der Waals surface area (Å²) in [4.78, 5) is 11.9. The highest BCUT2D eigenvalue weighted by molar-refractivity contribution is 7.89. The zero-order valence-corrected chi connectivity index (χ0v) is 13.0. The standard InChI is InChI=1S/C15H16N2O4S/c1-17(2)22(19,20)14-8-5-12(6-9-14)16-15(18)10-7-13-4-3-11-21-13/h3-11H,1-2H3,(H,16,18). The lowest BCUT2D eigenvalue weighted by atomic mass is 10.3. The lowest BCUT2D eigenvalue weighted by molar-refractivity contribution is -0.111. The number of carbonyl (C=O) groups excluding carboxylic acids is 1. The van der Waals surface area contributed by atoms with Crippen molar-refractivity contribution in [2.45, 2.75) is 4.90 Å². The molecule has 22 heavy (non-hydrogen) atoms. The third-order valence-corrected chi connectivity index (χ3v) is 4.67. The number of rotatable bonds is 5. The molecule has 0 aliphatic carbocycles. The van der Waals surface area contributed by atoms with E-state index < -0.39 is 10.0 Å². The molecule has 0 fully saturated rings. The fourth-order valence-electron chi connectivity index (χ4n) is 1.65. The molecular formula is C15H16N2O4S. The number of amides is 1. The molecule has 1 aromatic heterocycles. The summed E-state index contributed by atoms with van der Waals surface area (Å²) in [6.07, 6.45) is 4.39. The summed E-state index contributed by atoms with van der Waals surface area (Å²) in [5, 5.41) is 2.64. The van der Waals surface area contributed by atoms with Gasteiger partial charge in [0.1, 0.15) is 5.76 Å². The number of nitrogens with zero attached hydrogens (tertiary/aromatic N) is 1. The van der Waals surface area contributed by atoms with Gasteiger partial charge in [-0.2, -0.15) is 0 Å². The van der Waals surface area contributed by atoms with Gasteiger partial charge in [0.2, 0.25) is 15.9 Å². The molecule has 0 radical (unpaired) electrons. The van der Waals surface area contributed by atoms with E-state index in [1.165, 1.54) is 50.7 Å². The van der Waals surface area contributed by atoms with E-state index in [0.717, 1.165) is 4.31 Å². The monoisotopic (exact) mass is 320 g/mol. The maximum absolute atomic E-state index is 11.9. The van der Waals surface area contributed by atoms with E-state index in [0.29, 0.717) is 11.4 Å². The number of furan rings is 1. The van der Waals surface area contributed by atoms with Gasteiger partial charge >= 0.3 is 0 Å². The molecule has 0 saturated heterocycles. The second-order valence-corrected chi connectivity index (χ2v) is 6.80. The molecular weight excluding hydrogens is 304 g/mol. The van der Waals surface area contributed by atoms with Gasteiger partial charge in [-0.15, -0.1) is 0 Å². The average Bonchev–Trinajstić information content (AvgIpc) is 2.99. The van der Waals surface area contributed by atoms with Crippen LogP contribution >= 0.6 is 0 Å². The molecule has 1 heterocycles. The zero-order valence-electron chi connectivity index (χ0n) is 12.2. The predicted molar refractivity (Wildman–Crippen MR) is 83.7 cm³/mol. The van der Waals surface area contributed by atoms with E-state index in [2.05, 4.69) is 5.32 Å². The van der Waals surface area contributed by atoms with Gasteiger partial charge in [0.05, 0.1) is 11.2 Å². The van der Waals surface area contributed by atoms with Crippen molar-refractivity contribution in [1.82, 2.24) is 4.31 Å². The minimum Gasteiger partial charge on any atom is -0.465 e. The molecule has 1 N–H and O–H groups in total. The second-order valence-electron chi connectivity index (χ2n) is 4.65. The van der Waals surface area contributed by atoms with E-state index in [9.17, 15) is 13.2 Å². The fraction of sp³-hybridized carbons (Fsp3) is 0.133. The summed E-state index contributed by atoms with van der Waals surface area (Å²) in [6, 6.07) is 9.42. The highest BCUT2D eigenvalue weighted by atomic mass is 32.2. The Morgan fingerprint density at radius 1 is 1.18 bits per heavy atom. The maximum atomic E-state index is 11.9. The molecule has 0 saturated carbocycles. The SMILES string of the molecule is CN(C)S(=O)(=O)c1ccc(NC(=O)C=Cc2ccco2)cc1. The van der Waals surface area contributed by atoms with Crippen LogP contribution in [0.5, 0.6) is 0 Å². The first-order valence-corrected chi connectivity index (χ1v) is 7.89. The van der Waals surface area contributed by atoms with Gasteiger partial charge in [0, 0.05) is 25.9 Å². The van der Waals surface area contributed by atoms with Crippen LogP contribution in [0.15, 0.2) is 58.1 Å². The Hall–Kier alpha value is -2.38. The molecule has 0 atom stereocenters. The Balaban J connectivity index is 2.04. The molecule has 0 spiro atoms. The molecule has 0 unspecified atom stereocenters. The van der Waals surface area contributed by atoms with Gasteiger partial charge in [-0.3, -0.25) is 4.79 Å². The summed E-state index contributed by atoms with van der Waals surface area (Å²) >= 11 is 0. The molecule has 0 aliphatic heterocycles. The summed E-state index contributed by atoms with van der Waals surface area (Å²) in [6.45, 7) is 0. The van der Waals surface area contributed by atoms with Crippen molar-refractivity contribution in [1.29, 1.82) is 0 Å². The van der Waals surface area contributed by atoms with E-state index in [4.69, 9.17) is 4.42 Å². The van der Waals surface area contributed by atoms with Crippen molar-refractivity contribution in [2.24, 2.45) is 0 Å². The first-order valence-electron chi connectivity index (χ1n) is 6.45. The van der Waals surface area contributed by atoms with Gasteiger partial charge in [-0.1, -0.05) is 0 Å². The maximum Gasteiger partial charge on any atom is 0.248 e. The number of sulfonamides is 1. The van der Waals surface area contributed by atoms with Crippen molar-refractivity contribution in [3.05, 3.63) is 54.5 Å². The van der Waals surface area contributed by atoms with E-state index in [1.54, 1.807) is 18.2 Å². The van der Waals surface area contributed by atoms with Gasteiger partial charge in [0.15, 0.2) is 0 Å². The second kappa shape index (κ2) is 6.59. The quantitative estimate of drug-likeness (QED) is 0.856. The molecule has 6 nitrogen and oxygen atoms in total. The van der Waals surface area contributed by atoms with E-state index in [1.807, 2.05) is 0 Å². The smallest absolute Gasteiger partial charge is 0.248 e. The van der Waals surface area contributed by atoms with Crippen molar-refractivity contribution < 1.29 is 17.6 Å². The molecule has 7 heteroatoms. The third-order valence-electron chi connectivity index (χ3n) is 2.84. The van der Waals surface area contributed by atoms with Crippen LogP contribution in [-0.2, 0) is 14.8 Å². The number of benzene rings is 1. The van der Waals surface area contributed by atoms with Crippen LogP contribution in [0.2, 0.25) is 0 Å². The van der Waals surface area contributed by atoms with Crippen LogP contribution < -0.4 is 5.32 Å². The number of hydrogen-bond donors (Lipinski definition) is 1. The summed E-state index contributed by atoms with van der Waals surface area (Å²) in [5.74, 6) is 0.238. The number of hydrogen-bond acceptors (Lipinski definition) is 4. The Bertz CT molecular complexity index is 760. The van der Waals surface area contributed by atoms with E-state index in [-0.39, 0.29) is 10.8 Å². The fourth-order valence-corrected chi connectivity index (χ4v) is 2.55. The number of anilines is 1. The lowest BCUT2D eigenvalue weighted by Crippen LogP contribution is -2.22. The molecule has 1 amide bonds. The van der Waals surface area contributed by atoms with Gasteiger partial charge < -0.3 is 9.73 Å². The molecule has 1 aromatic carbocycles. The summed E-state index contributed by atoms with van der Waals surface area (Å²) in [5.41, 5.74) is 0.506. The molecule has 116 valence electrons. The van der Waals surface area contributed by atoms with Crippen molar-refractivity contribution in [2.75, 3.05) is 19.4 Å². The molecule has 0 bridgehead atoms. The lowest BCUT2D eigenvalue weighted by Gasteiger charge is -2.11. The van der Waals surface area contributed by atoms with Crippen LogP contribution in [0, 0.1) is 0 Å². The minimum atomic E-state index is -3.47. The normalized spacial score (nSPS) is 12.0. The Morgan fingerprint density at radius 3 is 2.41 bits per heavy atom. The first kappa shape index (κ1) is 16.0. The summed E-state index contributed by atoms with van der Waals surface area (Å²) in [7, 11) is -0.542. The molecule has 0 aliphatic rings. The van der Waals surface area contributed by atoms with Crippen LogP contribution in [0.4, 0.5) is 5.69 Å². The highest BCUT2D eigenvalue weighted by Gasteiger charge is 2.16. The van der Waals surface area contributed by atoms with Gasteiger partial charge in [-0.05, 0) is 42.5 Å². The van der Waals surface area contributed by atoms with Crippen LogP contribution in [-0.4, -0.2) is 32.7 Å². The van der Waals surface area contributed by atoms with Crippen LogP contribution in [0.3, 0.4) is 0 Å². The third kappa shape index (κ3) is 3.84. The largest absolute Gasteiger partial charge is 0.465 e. The predicted octanol–water partition coefficient (Wildman–Crippen LogP) is 2.18. The van der Waals surface area contributed by atoms with Crippen LogP contribution in [0.1, 0.15) is 5.76 Å². The first-order chi connectivity index (χ1) is 10.4. The minimum absolute atomic E-state index is 0.168. The topological polar surface area (TPSA) is 79.6 Å². The Kier molecular flexibility index (Phi) is 4.79. The molecule has 2 rings (SSSR count). The van der Waals surface area contributed by atoms with Gasteiger partial charge in [-0.25, -0.2) is 12.7 Å². The van der Waals surface area contributed by atoms with Crippen LogP contribution in [0.25, 0.3) is 6.08 Å². The van der Waals surface area contributed by atoms with Crippen molar-refractivity contribution in [3.63, 3.8) is 0 Å². The van der Waals surface area contributed by atoms with Crippen molar-refractivity contribution in [3.8, 4) is 0 Å². The zero-order chi connectivity index (χ0) is 16.2. The number of nitrogens with one attached hydrogen (secondary N) is 1. The van der Waals surface area contributed by atoms with Crippen molar-refractivity contribution >= 4 is 27.7 Å². The number of carbonyl (C=O) groups is 1. The highest BCUT2D eigenvalue weighted by Crippen LogP contribution is 2.16. The van der Waals surface area contributed by atoms with Gasteiger partial charge in [0.25, 0.3) is 0 Å². The Labute approximate surface area is 129 Å². The molecule has 2 aromatic rings. The summed E-state index contributed by atoms with van der Waals surface area (Å²) < 4.78 is 30.0. The Morgan fingerprint density at radius 2 is 1.86 bits per heavy atom.